The van der Waals surface area contributed by atoms with E-state index in [1.807, 2.05) is 18.2 Å². The van der Waals surface area contributed by atoms with Gasteiger partial charge in [-0.05, 0) is 36.3 Å². The predicted octanol–water partition coefficient (Wildman–Crippen LogP) is 3.44. The van der Waals surface area contributed by atoms with Gasteiger partial charge in [0.05, 0.1) is 0 Å². The molecule has 1 aromatic carbocycles. The Labute approximate surface area is 96.1 Å². The molecule has 1 saturated carbocycles. The fraction of sp³-hybridized carbons (Fsp3) is 0.538. The van der Waals surface area contributed by atoms with Crippen LogP contribution in [-0.2, 0) is 6.42 Å². The summed E-state index contributed by atoms with van der Waals surface area (Å²) in [4.78, 5) is 0. The summed E-state index contributed by atoms with van der Waals surface area (Å²) >= 11 is 6.14. The van der Waals surface area contributed by atoms with Crippen LogP contribution in [0.15, 0.2) is 24.3 Å². The highest BCUT2D eigenvalue weighted by molar-refractivity contribution is 6.31. The van der Waals surface area contributed by atoms with E-state index in [0.717, 1.165) is 24.3 Å². The minimum atomic E-state index is 0.102. The molecular weight excluding hydrogens is 208 g/mol. The Morgan fingerprint density at radius 2 is 1.87 bits per heavy atom. The van der Waals surface area contributed by atoms with Gasteiger partial charge in [-0.15, -0.1) is 0 Å². The van der Waals surface area contributed by atoms with Crippen LogP contribution in [-0.4, -0.2) is 11.7 Å². The minimum absolute atomic E-state index is 0.102. The van der Waals surface area contributed by atoms with E-state index in [-0.39, 0.29) is 12.0 Å². The van der Waals surface area contributed by atoms with Crippen LogP contribution in [0, 0.1) is 5.41 Å². The van der Waals surface area contributed by atoms with Gasteiger partial charge >= 0.3 is 0 Å². The average molecular weight is 225 g/mol. The van der Waals surface area contributed by atoms with Crippen molar-refractivity contribution in [3.63, 3.8) is 0 Å². The average Bonchev–Trinajstić information content (AvgIpc) is 2.71. The van der Waals surface area contributed by atoms with E-state index in [4.69, 9.17) is 11.6 Å². The maximum atomic E-state index is 9.53. The second-order valence-corrected chi connectivity index (χ2v) is 5.04. The SMILES string of the molecule is OCC1(Cc2ccccc2Cl)CCCC1. The highest BCUT2D eigenvalue weighted by atomic mass is 35.5. The van der Waals surface area contributed by atoms with Gasteiger partial charge in [-0.3, -0.25) is 0 Å². The molecule has 0 atom stereocenters. The van der Waals surface area contributed by atoms with Gasteiger partial charge in [0.2, 0.25) is 0 Å². The highest BCUT2D eigenvalue weighted by Crippen LogP contribution is 2.41. The maximum absolute atomic E-state index is 9.53. The number of aliphatic hydroxyl groups excluding tert-OH is 1. The first-order valence-corrected chi connectivity index (χ1v) is 5.98. The zero-order chi connectivity index (χ0) is 10.7. The molecule has 0 amide bonds. The topological polar surface area (TPSA) is 20.2 Å². The van der Waals surface area contributed by atoms with Crippen LogP contribution in [0.5, 0.6) is 0 Å². The third-order valence-corrected chi connectivity index (χ3v) is 3.89. The summed E-state index contributed by atoms with van der Waals surface area (Å²) in [6.45, 7) is 0.290. The van der Waals surface area contributed by atoms with E-state index in [0.29, 0.717) is 0 Å². The number of hydrogen-bond acceptors (Lipinski definition) is 1. The predicted molar refractivity (Wildman–Crippen MR) is 63.1 cm³/mol. The molecule has 1 aliphatic rings. The largest absolute Gasteiger partial charge is 0.396 e. The van der Waals surface area contributed by atoms with Gasteiger partial charge in [-0.2, -0.15) is 0 Å². The minimum Gasteiger partial charge on any atom is -0.396 e. The van der Waals surface area contributed by atoms with Crippen molar-refractivity contribution in [3.8, 4) is 0 Å². The van der Waals surface area contributed by atoms with E-state index >= 15 is 0 Å². The molecule has 1 aliphatic carbocycles. The van der Waals surface area contributed by atoms with Gasteiger partial charge in [0.15, 0.2) is 0 Å². The molecule has 0 unspecified atom stereocenters. The number of benzene rings is 1. The molecule has 1 N–H and O–H groups in total. The Morgan fingerprint density at radius 3 is 2.47 bits per heavy atom. The van der Waals surface area contributed by atoms with Crippen LogP contribution in [0.1, 0.15) is 31.2 Å². The molecule has 0 spiro atoms. The van der Waals surface area contributed by atoms with Crippen molar-refractivity contribution in [1.29, 1.82) is 0 Å². The summed E-state index contributed by atoms with van der Waals surface area (Å²) in [6.07, 6.45) is 5.67. The van der Waals surface area contributed by atoms with Crippen molar-refractivity contribution in [2.75, 3.05) is 6.61 Å². The van der Waals surface area contributed by atoms with Gasteiger partial charge < -0.3 is 5.11 Å². The van der Waals surface area contributed by atoms with Crippen LogP contribution >= 0.6 is 11.6 Å². The van der Waals surface area contributed by atoms with E-state index in [1.54, 1.807) is 0 Å². The quantitative estimate of drug-likeness (QED) is 0.834. The van der Waals surface area contributed by atoms with Crippen molar-refractivity contribution in [1.82, 2.24) is 0 Å². The Balaban J connectivity index is 2.16. The summed E-state index contributed by atoms with van der Waals surface area (Å²) in [5.74, 6) is 0. The van der Waals surface area contributed by atoms with Gasteiger partial charge in [0.1, 0.15) is 0 Å². The molecule has 1 fully saturated rings. The molecule has 0 saturated heterocycles. The van der Waals surface area contributed by atoms with Crippen LogP contribution < -0.4 is 0 Å². The molecule has 2 rings (SSSR count). The highest BCUT2D eigenvalue weighted by Gasteiger charge is 2.33. The number of hydrogen-bond donors (Lipinski definition) is 1. The molecule has 15 heavy (non-hydrogen) atoms. The second-order valence-electron chi connectivity index (χ2n) is 4.63. The first kappa shape index (κ1) is 11.0. The molecule has 0 heterocycles. The summed E-state index contributed by atoms with van der Waals surface area (Å²) in [6, 6.07) is 7.96. The fourth-order valence-electron chi connectivity index (χ4n) is 2.56. The molecule has 2 heteroatoms. The second kappa shape index (κ2) is 4.54. The van der Waals surface area contributed by atoms with Crippen LogP contribution in [0.25, 0.3) is 0 Å². The van der Waals surface area contributed by atoms with Crippen LogP contribution in [0.2, 0.25) is 5.02 Å². The molecule has 82 valence electrons. The number of rotatable bonds is 3. The summed E-state index contributed by atoms with van der Waals surface area (Å²) in [5, 5.41) is 10.4. The molecule has 1 nitrogen and oxygen atoms in total. The van der Waals surface area contributed by atoms with Crippen molar-refractivity contribution in [3.05, 3.63) is 34.9 Å². The van der Waals surface area contributed by atoms with E-state index in [9.17, 15) is 5.11 Å². The van der Waals surface area contributed by atoms with Crippen molar-refractivity contribution in [2.45, 2.75) is 32.1 Å². The zero-order valence-corrected chi connectivity index (χ0v) is 9.63. The Kier molecular flexibility index (Phi) is 3.32. The lowest BCUT2D eigenvalue weighted by Gasteiger charge is -2.26. The number of halogens is 1. The van der Waals surface area contributed by atoms with E-state index in [1.165, 1.54) is 18.4 Å². The lowest BCUT2D eigenvalue weighted by molar-refractivity contribution is 0.130. The molecule has 0 bridgehead atoms. The summed E-state index contributed by atoms with van der Waals surface area (Å²) < 4.78 is 0. The van der Waals surface area contributed by atoms with Crippen molar-refractivity contribution < 1.29 is 5.11 Å². The lowest BCUT2D eigenvalue weighted by Crippen LogP contribution is -2.24. The summed E-state index contributed by atoms with van der Waals surface area (Å²) in [7, 11) is 0. The van der Waals surface area contributed by atoms with E-state index in [2.05, 4.69) is 6.07 Å². The van der Waals surface area contributed by atoms with Crippen molar-refractivity contribution in [2.24, 2.45) is 5.41 Å². The van der Waals surface area contributed by atoms with Gasteiger partial charge in [-0.1, -0.05) is 42.6 Å². The first-order chi connectivity index (χ1) is 7.26. The smallest absolute Gasteiger partial charge is 0.0490 e. The normalized spacial score (nSPS) is 19.3. The zero-order valence-electron chi connectivity index (χ0n) is 8.88. The Bertz CT molecular complexity index is 329. The van der Waals surface area contributed by atoms with Gasteiger partial charge in [0, 0.05) is 11.6 Å². The molecule has 0 aromatic heterocycles. The molecular formula is C13H17ClO. The molecule has 0 aliphatic heterocycles. The van der Waals surface area contributed by atoms with Gasteiger partial charge in [0.25, 0.3) is 0 Å². The summed E-state index contributed by atoms with van der Waals surface area (Å²) in [5.41, 5.74) is 1.28. The maximum Gasteiger partial charge on any atom is 0.0490 e. The standard InChI is InChI=1S/C13H17ClO/c14-12-6-2-1-5-11(12)9-13(10-15)7-3-4-8-13/h1-2,5-6,15H,3-4,7-10H2. The van der Waals surface area contributed by atoms with Crippen molar-refractivity contribution >= 4 is 11.6 Å². The van der Waals surface area contributed by atoms with Gasteiger partial charge in [-0.25, -0.2) is 0 Å². The Morgan fingerprint density at radius 1 is 1.20 bits per heavy atom. The number of aliphatic hydroxyl groups is 1. The Hall–Kier alpha value is -0.530. The lowest BCUT2D eigenvalue weighted by atomic mass is 9.81. The first-order valence-electron chi connectivity index (χ1n) is 5.60. The van der Waals surface area contributed by atoms with Crippen LogP contribution in [0.4, 0.5) is 0 Å². The third-order valence-electron chi connectivity index (χ3n) is 3.52. The van der Waals surface area contributed by atoms with E-state index < -0.39 is 0 Å². The molecule has 0 radical (unpaired) electrons. The fourth-order valence-corrected chi connectivity index (χ4v) is 2.76. The molecule has 1 aromatic rings. The monoisotopic (exact) mass is 224 g/mol. The van der Waals surface area contributed by atoms with Crippen LogP contribution in [0.3, 0.4) is 0 Å². The third kappa shape index (κ3) is 2.35.